The fraction of sp³-hybridized carbons (Fsp3) is 0.158. The number of aromatic nitrogens is 2. The number of ether oxygens (including phenoxy) is 1. The van der Waals surface area contributed by atoms with Crippen LogP contribution < -0.4 is 5.32 Å². The molecule has 116 valence electrons. The number of hydrogen-bond donors (Lipinski definition) is 1. The van der Waals surface area contributed by atoms with Gasteiger partial charge in [-0.1, -0.05) is 54.6 Å². The van der Waals surface area contributed by atoms with Crippen LogP contribution in [0.4, 0.5) is 5.95 Å². The topological polar surface area (TPSA) is 47.0 Å². The lowest BCUT2D eigenvalue weighted by atomic mass is 10.1. The molecular weight excluding hydrogens is 286 g/mol. The van der Waals surface area contributed by atoms with Crippen molar-refractivity contribution in [1.29, 1.82) is 0 Å². The van der Waals surface area contributed by atoms with E-state index < -0.39 is 0 Å². The molecule has 4 heteroatoms. The second kappa shape index (κ2) is 8.06. The van der Waals surface area contributed by atoms with E-state index in [1.165, 1.54) is 16.7 Å². The maximum Gasteiger partial charge on any atom is 0.222 e. The number of nitrogens with zero attached hydrogens (tertiary/aromatic N) is 2. The molecule has 1 heterocycles. The smallest absolute Gasteiger partial charge is 0.222 e. The van der Waals surface area contributed by atoms with Crippen LogP contribution in [-0.2, 0) is 24.5 Å². The Bertz CT molecular complexity index is 700. The van der Waals surface area contributed by atoms with E-state index in [9.17, 15) is 0 Å². The van der Waals surface area contributed by atoms with E-state index in [2.05, 4.69) is 51.7 Å². The number of anilines is 1. The molecular formula is C19H19N3O. The highest BCUT2D eigenvalue weighted by atomic mass is 16.5. The van der Waals surface area contributed by atoms with E-state index in [1.54, 1.807) is 18.5 Å². The Balaban J connectivity index is 1.45. The molecule has 4 nitrogen and oxygen atoms in total. The molecule has 3 aromatic rings. The Labute approximate surface area is 136 Å². The Morgan fingerprint density at radius 2 is 1.30 bits per heavy atom. The summed E-state index contributed by atoms with van der Waals surface area (Å²) in [4.78, 5) is 8.28. The molecule has 0 fully saturated rings. The van der Waals surface area contributed by atoms with Gasteiger partial charge in [-0.15, -0.1) is 0 Å². The third kappa shape index (κ3) is 4.90. The first kappa shape index (κ1) is 15.2. The van der Waals surface area contributed by atoms with Crippen molar-refractivity contribution >= 4 is 5.95 Å². The van der Waals surface area contributed by atoms with E-state index in [0.717, 1.165) is 0 Å². The first-order valence-corrected chi connectivity index (χ1v) is 7.60. The summed E-state index contributed by atoms with van der Waals surface area (Å²) in [5.74, 6) is 0.641. The van der Waals surface area contributed by atoms with Crippen LogP contribution in [0.3, 0.4) is 0 Å². The van der Waals surface area contributed by atoms with Gasteiger partial charge in [-0.2, -0.15) is 0 Å². The molecule has 0 saturated carbocycles. The van der Waals surface area contributed by atoms with Gasteiger partial charge in [-0.05, 0) is 22.8 Å². The standard InChI is InChI=1S/C19H19N3O/c1-2-5-17(6-3-1)14-23-15-18-9-7-16(8-10-18)13-22-19-20-11-4-12-21-19/h1-12H,13-15H2,(H,20,21,22). The zero-order valence-electron chi connectivity index (χ0n) is 12.9. The predicted octanol–water partition coefficient (Wildman–Crippen LogP) is 3.81. The quantitative estimate of drug-likeness (QED) is 0.721. The third-order valence-corrected chi connectivity index (χ3v) is 3.42. The second-order valence-electron chi connectivity index (χ2n) is 5.22. The molecule has 0 saturated heterocycles. The van der Waals surface area contributed by atoms with Crippen LogP contribution in [0, 0.1) is 0 Å². The lowest BCUT2D eigenvalue weighted by molar-refractivity contribution is 0.107. The van der Waals surface area contributed by atoms with Crippen molar-refractivity contribution in [2.45, 2.75) is 19.8 Å². The Morgan fingerprint density at radius 1 is 0.696 bits per heavy atom. The van der Waals surface area contributed by atoms with Crippen LogP contribution in [0.5, 0.6) is 0 Å². The Kier molecular flexibility index (Phi) is 5.32. The summed E-state index contributed by atoms with van der Waals surface area (Å²) >= 11 is 0. The number of rotatable bonds is 7. The third-order valence-electron chi connectivity index (χ3n) is 3.42. The van der Waals surface area contributed by atoms with Crippen molar-refractivity contribution in [2.75, 3.05) is 5.32 Å². The average Bonchev–Trinajstić information content (AvgIpc) is 2.63. The average molecular weight is 305 g/mol. The number of nitrogens with one attached hydrogen (secondary N) is 1. The summed E-state index contributed by atoms with van der Waals surface area (Å²) in [5.41, 5.74) is 3.54. The van der Waals surface area contributed by atoms with Gasteiger partial charge in [0.05, 0.1) is 13.2 Å². The van der Waals surface area contributed by atoms with Crippen molar-refractivity contribution in [3.8, 4) is 0 Å². The molecule has 0 aliphatic rings. The summed E-state index contributed by atoms with van der Waals surface area (Å²) in [6.07, 6.45) is 3.45. The van der Waals surface area contributed by atoms with Gasteiger partial charge in [0, 0.05) is 18.9 Å². The van der Waals surface area contributed by atoms with Crippen LogP contribution in [0.25, 0.3) is 0 Å². The van der Waals surface area contributed by atoms with E-state index in [-0.39, 0.29) is 0 Å². The van der Waals surface area contributed by atoms with Gasteiger partial charge in [0.25, 0.3) is 0 Å². The van der Waals surface area contributed by atoms with Crippen LogP contribution in [0.2, 0.25) is 0 Å². The minimum atomic E-state index is 0.615. The minimum Gasteiger partial charge on any atom is -0.372 e. The Hall–Kier alpha value is -2.72. The van der Waals surface area contributed by atoms with Crippen LogP contribution >= 0.6 is 0 Å². The molecule has 0 aliphatic carbocycles. The Morgan fingerprint density at radius 3 is 2.00 bits per heavy atom. The molecule has 2 aromatic carbocycles. The summed E-state index contributed by atoms with van der Waals surface area (Å²) < 4.78 is 5.74. The number of benzene rings is 2. The molecule has 0 spiro atoms. The maximum absolute atomic E-state index is 5.74. The summed E-state index contributed by atoms with van der Waals surface area (Å²) in [5, 5.41) is 3.19. The maximum atomic E-state index is 5.74. The van der Waals surface area contributed by atoms with Crippen molar-refractivity contribution in [2.24, 2.45) is 0 Å². The SMILES string of the molecule is c1ccc(COCc2ccc(CNc3ncccn3)cc2)cc1. The second-order valence-corrected chi connectivity index (χ2v) is 5.22. The summed E-state index contributed by atoms with van der Waals surface area (Å²) in [7, 11) is 0. The summed E-state index contributed by atoms with van der Waals surface area (Å²) in [6.45, 7) is 1.95. The van der Waals surface area contributed by atoms with E-state index in [4.69, 9.17) is 4.74 Å². The lowest BCUT2D eigenvalue weighted by Crippen LogP contribution is -2.03. The number of hydrogen-bond acceptors (Lipinski definition) is 4. The highest BCUT2D eigenvalue weighted by Crippen LogP contribution is 2.09. The van der Waals surface area contributed by atoms with Crippen molar-refractivity contribution in [3.63, 3.8) is 0 Å². The lowest BCUT2D eigenvalue weighted by Gasteiger charge is -2.07. The van der Waals surface area contributed by atoms with Gasteiger partial charge in [0.2, 0.25) is 5.95 Å². The fourth-order valence-corrected chi connectivity index (χ4v) is 2.19. The molecule has 0 atom stereocenters. The fourth-order valence-electron chi connectivity index (χ4n) is 2.19. The normalized spacial score (nSPS) is 10.4. The van der Waals surface area contributed by atoms with Gasteiger partial charge in [-0.3, -0.25) is 0 Å². The monoisotopic (exact) mass is 305 g/mol. The molecule has 0 unspecified atom stereocenters. The largest absolute Gasteiger partial charge is 0.372 e. The van der Waals surface area contributed by atoms with E-state index in [1.807, 2.05) is 18.2 Å². The highest BCUT2D eigenvalue weighted by molar-refractivity contribution is 5.28. The zero-order valence-corrected chi connectivity index (χ0v) is 12.9. The molecule has 0 bridgehead atoms. The van der Waals surface area contributed by atoms with Gasteiger partial charge < -0.3 is 10.1 Å². The van der Waals surface area contributed by atoms with Crippen molar-refractivity contribution in [1.82, 2.24) is 9.97 Å². The van der Waals surface area contributed by atoms with Crippen LogP contribution in [0.1, 0.15) is 16.7 Å². The van der Waals surface area contributed by atoms with Crippen molar-refractivity contribution < 1.29 is 4.74 Å². The highest BCUT2D eigenvalue weighted by Gasteiger charge is 1.98. The molecule has 0 radical (unpaired) electrons. The van der Waals surface area contributed by atoms with Gasteiger partial charge in [0.15, 0.2) is 0 Å². The van der Waals surface area contributed by atoms with E-state index in [0.29, 0.717) is 25.7 Å². The summed E-state index contributed by atoms with van der Waals surface area (Å²) in [6, 6.07) is 20.4. The van der Waals surface area contributed by atoms with Crippen LogP contribution in [-0.4, -0.2) is 9.97 Å². The molecule has 0 amide bonds. The first-order valence-electron chi connectivity index (χ1n) is 7.60. The van der Waals surface area contributed by atoms with Gasteiger partial charge in [0.1, 0.15) is 0 Å². The molecule has 0 aliphatic heterocycles. The van der Waals surface area contributed by atoms with Gasteiger partial charge in [-0.25, -0.2) is 9.97 Å². The molecule has 23 heavy (non-hydrogen) atoms. The van der Waals surface area contributed by atoms with Crippen LogP contribution in [0.15, 0.2) is 73.1 Å². The van der Waals surface area contributed by atoms with E-state index >= 15 is 0 Å². The first-order chi connectivity index (χ1) is 11.4. The zero-order chi connectivity index (χ0) is 15.7. The van der Waals surface area contributed by atoms with Gasteiger partial charge >= 0.3 is 0 Å². The molecule has 1 aromatic heterocycles. The minimum absolute atomic E-state index is 0.615. The molecule has 3 rings (SSSR count). The predicted molar refractivity (Wildman–Crippen MR) is 90.7 cm³/mol. The molecule has 1 N–H and O–H groups in total. The van der Waals surface area contributed by atoms with Crippen molar-refractivity contribution in [3.05, 3.63) is 89.7 Å².